The number of anilines is 2. The highest BCUT2D eigenvalue weighted by Gasteiger charge is 2.27. The van der Waals surface area contributed by atoms with Gasteiger partial charge in [-0.25, -0.2) is 4.79 Å². The highest BCUT2D eigenvalue weighted by atomic mass is 35.5. The molecule has 0 saturated carbocycles. The summed E-state index contributed by atoms with van der Waals surface area (Å²) in [4.78, 5) is 25.5. The lowest BCUT2D eigenvalue weighted by Gasteiger charge is -2.23. The Bertz CT molecular complexity index is 1170. The number of benzene rings is 2. The topological polar surface area (TPSA) is 114 Å². The number of nitrogens with one attached hydrogen (secondary N) is 3. The van der Waals surface area contributed by atoms with Gasteiger partial charge in [-0.05, 0) is 42.3 Å². The van der Waals surface area contributed by atoms with Gasteiger partial charge in [0.25, 0.3) is 0 Å². The Balaban J connectivity index is 1.42. The van der Waals surface area contributed by atoms with Gasteiger partial charge in [-0.2, -0.15) is 0 Å². The minimum atomic E-state index is -0.771. The van der Waals surface area contributed by atoms with Crippen LogP contribution in [0.4, 0.5) is 15.6 Å². The summed E-state index contributed by atoms with van der Waals surface area (Å²) in [5.74, 6) is 0.825. The number of aromatic nitrogens is 2. The molecular formula is C22H22ClN5O4S. The van der Waals surface area contributed by atoms with E-state index in [4.69, 9.17) is 21.1 Å². The molecule has 0 spiro atoms. The Morgan fingerprint density at radius 3 is 2.73 bits per heavy atom. The second-order valence-corrected chi connectivity index (χ2v) is 8.86. The second-order valence-electron chi connectivity index (χ2n) is 7.44. The summed E-state index contributed by atoms with van der Waals surface area (Å²) in [5, 5.41) is 17.9. The van der Waals surface area contributed by atoms with E-state index < -0.39 is 12.1 Å². The van der Waals surface area contributed by atoms with Crippen LogP contribution in [0.25, 0.3) is 10.6 Å². The lowest BCUT2D eigenvalue weighted by Crippen LogP contribution is -2.49. The Morgan fingerprint density at radius 2 is 1.94 bits per heavy atom. The highest BCUT2D eigenvalue weighted by Crippen LogP contribution is 2.37. The third-order valence-electron chi connectivity index (χ3n) is 5.14. The fourth-order valence-corrected chi connectivity index (χ4v) is 4.11. The van der Waals surface area contributed by atoms with Crippen LogP contribution in [0.1, 0.15) is 20.3 Å². The molecule has 2 heterocycles. The number of halogens is 1. The molecule has 1 aliphatic heterocycles. The first-order chi connectivity index (χ1) is 15.9. The van der Waals surface area contributed by atoms with Crippen LogP contribution in [-0.4, -0.2) is 35.0 Å². The number of amides is 3. The zero-order valence-corrected chi connectivity index (χ0v) is 19.5. The summed E-state index contributed by atoms with van der Waals surface area (Å²) in [6.45, 7) is 4.03. The minimum absolute atomic E-state index is 0.114. The molecule has 2 atom stereocenters. The van der Waals surface area contributed by atoms with Crippen molar-refractivity contribution in [1.29, 1.82) is 0 Å². The molecule has 0 saturated heterocycles. The second kappa shape index (κ2) is 10.1. The van der Waals surface area contributed by atoms with E-state index >= 15 is 0 Å². The van der Waals surface area contributed by atoms with E-state index in [1.165, 1.54) is 11.3 Å². The van der Waals surface area contributed by atoms with Gasteiger partial charge in [-0.3, -0.25) is 10.1 Å². The monoisotopic (exact) mass is 487 g/mol. The maximum atomic E-state index is 13.0. The zero-order valence-electron chi connectivity index (χ0n) is 17.9. The largest absolute Gasteiger partial charge is 0.454 e. The molecule has 3 amide bonds. The van der Waals surface area contributed by atoms with Crippen LogP contribution in [0.5, 0.6) is 11.5 Å². The van der Waals surface area contributed by atoms with Crippen LogP contribution in [0.15, 0.2) is 42.5 Å². The van der Waals surface area contributed by atoms with Crippen molar-refractivity contribution in [1.82, 2.24) is 15.5 Å². The molecule has 172 valence electrons. The molecule has 3 aromatic rings. The van der Waals surface area contributed by atoms with E-state index in [1.807, 2.05) is 26.0 Å². The normalized spacial score (nSPS) is 13.8. The summed E-state index contributed by atoms with van der Waals surface area (Å²) in [5.41, 5.74) is 1.33. The fourth-order valence-electron chi connectivity index (χ4n) is 3.18. The standard InChI is InChI=1S/C22H22ClN5O4S/c1-3-12(2)18(25-21(30)24-15-6-4-5-14(23)10-15)19(29)26-22-28-27-20(33-22)13-7-8-16-17(9-13)32-11-31-16/h4-10,12,18H,3,11H2,1-2H3,(H2,24,25,30)(H,26,28,29)/t12-,18+/m1/s1. The number of hydrogen-bond donors (Lipinski definition) is 3. The van der Waals surface area contributed by atoms with Crippen molar-refractivity contribution in [3.8, 4) is 22.1 Å². The van der Waals surface area contributed by atoms with E-state index in [0.717, 1.165) is 5.56 Å². The van der Waals surface area contributed by atoms with Crippen LogP contribution in [0.3, 0.4) is 0 Å². The number of fused-ring (bicyclic) bond motifs is 1. The van der Waals surface area contributed by atoms with Gasteiger partial charge < -0.3 is 20.1 Å². The molecule has 0 radical (unpaired) electrons. The molecule has 11 heteroatoms. The van der Waals surface area contributed by atoms with Crippen molar-refractivity contribution < 1.29 is 19.1 Å². The van der Waals surface area contributed by atoms with E-state index in [2.05, 4.69) is 26.1 Å². The molecular weight excluding hydrogens is 466 g/mol. The van der Waals surface area contributed by atoms with Crippen LogP contribution in [0.2, 0.25) is 5.02 Å². The summed E-state index contributed by atoms with van der Waals surface area (Å²) >= 11 is 7.19. The summed E-state index contributed by atoms with van der Waals surface area (Å²) in [6.07, 6.45) is 0.689. The summed E-state index contributed by atoms with van der Waals surface area (Å²) < 4.78 is 10.7. The first-order valence-corrected chi connectivity index (χ1v) is 11.5. The van der Waals surface area contributed by atoms with Gasteiger partial charge in [-0.15, -0.1) is 10.2 Å². The first kappa shape index (κ1) is 22.8. The quantitative estimate of drug-likeness (QED) is 0.442. The summed E-state index contributed by atoms with van der Waals surface area (Å²) in [7, 11) is 0. The predicted octanol–water partition coefficient (Wildman–Crippen LogP) is 4.76. The highest BCUT2D eigenvalue weighted by molar-refractivity contribution is 7.18. The van der Waals surface area contributed by atoms with Crippen molar-refractivity contribution in [2.75, 3.05) is 17.4 Å². The molecule has 1 aromatic heterocycles. The number of carbonyl (C=O) groups is 2. The Hall–Kier alpha value is -3.37. The first-order valence-electron chi connectivity index (χ1n) is 10.3. The Kier molecular flexibility index (Phi) is 6.95. The number of urea groups is 1. The molecule has 1 aliphatic rings. The van der Waals surface area contributed by atoms with Crippen molar-refractivity contribution >= 4 is 45.7 Å². The van der Waals surface area contributed by atoms with E-state index in [-0.39, 0.29) is 18.6 Å². The van der Waals surface area contributed by atoms with Gasteiger partial charge in [0.1, 0.15) is 11.0 Å². The molecule has 4 rings (SSSR count). The molecule has 0 unspecified atom stereocenters. The smallest absolute Gasteiger partial charge is 0.319 e. The Labute approximate surface area is 199 Å². The predicted molar refractivity (Wildman–Crippen MR) is 127 cm³/mol. The third-order valence-corrected chi connectivity index (χ3v) is 6.26. The van der Waals surface area contributed by atoms with Crippen molar-refractivity contribution in [3.05, 3.63) is 47.5 Å². The minimum Gasteiger partial charge on any atom is -0.454 e. The molecule has 0 bridgehead atoms. The third kappa shape index (κ3) is 5.52. The SMILES string of the molecule is CC[C@@H](C)[C@H](NC(=O)Nc1cccc(Cl)c1)C(=O)Nc1nnc(-c2ccc3c(c2)OCO3)s1. The molecule has 2 aromatic carbocycles. The number of carbonyl (C=O) groups excluding carboxylic acids is 2. The van der Waals surface area contributed by atoms with E-state index in [1.54, 1.807) is 30.3 Å². The van der Waals surface area contributed by atoms with Crippen LogP contribution in [-0.2, 0) is 4.79 Å². The van der Waals surface area contributed by atoms with Gasteiger partial charge >= 0.3 is 6.03 Å². The molecule has 0 aliphatic carbocycles. The van der Waals surface area contributed by atoms with Gasteiger partial charge in [0, 0.05) is 16.3 Å². The average Bonchev–Trinajstić information content (AvgIpc) is 3.45. The lowest BCUT2D eigenvalue weighted by atomic mass is 9.98. The number of rotatable bonds is 7. The molecule has 33 heavy (non-hydrogen) atoms. The van der Waals surface area contributed by atoms with E-state index in [0.29, 0.717) is 38.8 Å². The van der Waals surface area contributed by atoms with Crippen LogP contribution < -0.4 is 25.4 Å². The van der Waals surface area contributed by atoms with Gasteiger partial charge in [0.15, 0.2) is 11.5 Å². The van der Waals surface area contributed by atoms with Crippen LogP contribution in [0, 0.1) is 5.92 Å². The van der Waals surface area contributed by atoms with Gasteiger partial charge in [0.2, 0.25) is 17.8 Å². The lowest BCUT2D eigenvalue weighted by molar-refractivity contribution is -0.119. The molecule has 9 nitrogen and oxygen atoms in total. The number of hydrogen-bond acceptors (Lipinski definition) is 7. The van der Waals surface area contributed by atoms with Crippen molar-refractivity contribution in [2.45, 2.75) is 26.3 Å². The van der Waals surface area contributed by atoms with E-state index in [9.17, 15) is 9.59 Å². The molecule has 3 N–H and O–H groups in total. The number of nitrogens with zero attached hydrogens (tertiary/aromatic N) is 2. The van der Waals surface area contributed by atoms with Crippen molar-refractivity contribution in [2.24, 2.45) is 5.92 Å². The average molecular weight is 488 g/mol. The Morgan fingerprint density at radius 1 is 1.12 bits per heavy atom. The zero-order chi connectivity index (χ0) is 23.4. The maximum absolute atomic E-state index is 13.0. The van der Waals surface area contributed by atoms with Crippen LogP contribution >= 0.6 is 22.9 Å². The van der Waals surface area contributed by atoms with Gasteiger partial charge in [0.05, 0.1) is 0 Å². The number of ether oxygens (including phenoxy) is 2. The van der Waals surface area contributed by atoms with Gasteiger partial charge in [-0.1, -0.05) is 49.3 Å². The molecule has 0 fully saturated rings. The fraction of sp³-hybridized carbons (Fsp3) is 0.273. The maximum Gasteiger partial charge on any atom is 0.319 e. The van der Waals surface area contributed by atoms with Crippen molar-refractivity contribution in [3.63, 3.8) is 0 Å². The summed E-state index contributed by atoms with van der Waals surface area (Å²) in [6, 6.07) is 11.0.